The Morgan fingerprint density at radius 2 is 2.05 bits per heavy atom. The molecule has 1 aromatic rings. The van der Waals surface area contributed by atoms with Crippen LogP contribution in [0.3, 0.4) is 0 Å². The van der Waals surface area contributed by atoms with E-state index in [1.54, 1.807) is 0 Å². The minimum atomic E-state index is -0.0759. The molecule has 4 heterocycles. The smallest absolute Gasteiger partial charge is 0.257 e. The van der Waals surface area contributed by atoms with Crippen molar-refractivity contribution in [2.75, 3.05) is 26.7 Å². The number of rotatable bonds is 2. The summed E-state index contributed by atoms with van der Waals surface area (Å²) < 4.78 is 11.1. The fourth-order valence-electron chi connectivity index (χ4n) is 3.89. The number of hydrogen-bond donors (Lipinski definition) is 1. The van der Waals surface area contributed by atoms with Crippen LogP contribution in [0, 0.1) is 0 Å². The Labute approximate surface area is 118 Å². The summed E-state index contributed by atoms with van der Waals surface area (Å²) >= 11 is 0. The molecule has 4 rings (SSSR count). The first-order chi connectivity index (χ1) is 9.81. The first-order valence-electron chi connectivity index (χ1n) is 7.69. The van der Waals surface area contributed by atoms with Crippen molar-refractivity contribution in [2.45, 2.75) is 49.8 Å². The zero-order valence-electron chi connectivity index (χ0n) is 11.9. The van der Waals surface area contributed by atoms with Crippen LogP contribution >= 0.6 is 0 Å². The minimum absolute atomic E-state index is 0.0759. The first kappa shape index (κ1) is 12.7. The van der Waals surface area contributed by atoms with Gasteiger partial charge in [-0.15, -0.1) is 0 Å². The van der Waals surface area contributed by atoms with E-state index in [1.165, 1.54) is 12.8 Å². The Bertz CT molecular complexity index is 457. The van der Waals surface area contributed by atoms with Crippen molar-refractivity contribution in [3.8, 4) is 0 Å². The first-order valence-corrected chi connectivity index (χ1v) is 7.69. The molecule has 1 N–H and O–H groups in total. The summed E-state index contributed by atoms with van der Waals surface area (Å²) in [5.41, 5.74) is 0. The molecule has 2 bridgehead atoms. The number of morpholine rings is 1. The van der Waals surface area contributed by atoms with Crippen LogP contribution in [0.5, 0.6) is 0 Å². The molecule has 3 fully saturated rings. The van der Waals surface area contributed by atoms with E-state index in [0.717, 1.165) is 31.8 Å². The summed E-state index contributed by atoms with van der Waals surface area (Å²) in [7, 11) is 2.25. The molecular formula is C14H22N4O2. The van der Waals surface area contributed by atoms with Gasteiger partial charge < -0.3 is 19.5 Å². The molecule has 0 aliphatic carbocycles. The lowest BCUT2D eigenvalue weighted by molar-refractivity contribution is 0.00755. The van der Waals surface area contributed by atoms with E-state index in [0.29, 0.717) is 30.5 Å². The standard InChI is InChI=1S/C14H22N4O2/c1-18-10-2-3-11(18)7-9(6-10)13-16-14(20-17-13)12-8-15-4-5-19-12/h9-12,15H,2-8H2,1H3. The third-order valence-corrected chi connectivity index (χ3v) is 5.12. The highest BCUT2D eigenvalue weighted by atomic mass is 16.5. The number of nitrogens with one attached hydrogen (secondary N) is 1. The molecule has 0 amide bonds. The van der Waals surface area contributed by atoms with E-state index in [2.05, 4.69) is 27.4 Å². The maximum absolute atomic E-state index is 5.67. The highest BCUT2D eigenvalue weighted by molar-refractivity contribution is 5.06. The Hall–Kier alpha value is -0.980. The Morgan fingerprint density at radius 1 is 1.25 bits per heavy atom. The van der Waals surface area contributed by atoms with E-state index in [-0.39, 0.29) is 6.10 Å². The van der Waals surface area contributed by atoms with Gasteiger partial charge in [-0.25, -0.2) is 0 Å². The molecule has 3 saturated heterocycles. The van der Waals surface area contributed by atoms with Gasteiger partial charge in [0.2, 0.25) is 0 Å². The lowest BCUT2D eigenvalue weighted by atomic mass is 9.90. The summed E-state index contributed by atoms with van der Waals surface area (Å²) in [5.74, 6) is 1.98. The number of aromatic nitrogens is 2. The van der Waals surface area contributed by atoms with Crippen LogP contribution in [0.4, 0.5) is 0 Å². The van der Waals surface area contributed by atoms with Crippen LogP contribution in [-0.4, -0.2) is 53.9 Å². The van der Waals surface area contributed by atoms with Crippen molar-refractivity contribution in [2.24, 2.45) is 0 Å². The fraction of sp³-hybridized carbons (Fsp3) is 0.857. The lowest BCUT2D eigenvalue weighted by Crippen LogP contribution is -2.39. The average molecular weight is 278 g/mol. The van der Waals surface area contributed by atoms with Crippen LogP contribution in [0.2, 0.25) is 0 Å². The molecule has 1 aromatic heterocycles. The van der Waals surface area contributed by atoms with E-state index in [9.17, 15) is 0 Å². The molecule has 0 spiro atoms. The van der Waals surface area contributed by atoms with Gasteiger partial charge in [-0.3, -0.25) is 0 Å². The summed E-state index contributed by atoms with van der Waals surface area (Å²) in [6.45, 7) is 2.37. The maximum atomic E-state index is 5.67. The van der Waals surface area contributed by atoms with Crippen molar-refractivity contribution in [3.05, 3.63) is 11.7 Å². The van der Waals surface area contributed by atoms with Crippen LogP contribution < -0.4 is 5.32 Å². The predicted octanol–water partition coefficient (Wildman–Crippen LogP) is 1.07. The van der Waals surface area contributed by atoms with Gasteiger partial charge in [0.25, 0.3) is 5.89 Å². The topological polar surface area (TPSA) is 63.4 Å². The molecule has 110 valence electrons. The molecule has 3 atom stereocenters. The molecule has 3 aliphatic heterocycles. The van der Waals surface area contributed by atoms with Gasteiger partial charge in [0, 0.05) is 31.1 Å². The Morgan fingerprint density at radius 3 is 2.75 bits per heavy atom. The summed E-state index contributed by atoms with van der Waals surface area (Å²) in [5, 5.41) is 7.52. The van der Waals surface area contributed by atoms with Gasteiger partial charge in [0.05, 0.1) is 6.61 Å². The van der Waals surface area contributed by atoms with E-state index in [1.807, 2.05) is 0 Å². The van der Waals surface area contributed by atoms with Crippen LogP contribution in [-0.2, 0) is 4.74 Å². The zero-order chi connectivity index (χ0) is 13.5. The van der Waals surface area contributed by atoms with Gasteiger partial charge in [-0.1, -0.05) is 5.16 Å². The number of fused-ring (bicyclic) bond motifs is 2. The van der Waals surface area contributed by atoms with E-state index in [4.69, 9.17) is 9.26 Å². The van der Waals surface area contributed by atoms with Gasteiger partial charge >= 0.3 is 0 Å². The van der Waals surface area contributed by atoms with Gasteiger partial charge in [0.1, 0.15) is 6.10 Å². The second-order valence-corrected chi connectivity index (χ2v) is 6.27. The van der Waals surface area contributed by atoms with Crippen molar-refractivity contribution < 1.29 is 9.26 Å². The molecule has 3 unspecified atom stereocenters. The highest BCUT2D eigenvalue weighted by Crippen LogP contribution is 2.41. The van der Waals surface area contributed by atoms with Crippen molar-refractivity contribution in [1.82, 2.24) is 20.4 Å². The van der Waals surface area contributed by atoms with Crippen molar-refractivity contribution >= 4 is 0 Å². The molecule has 20 heavy (non-hydrogen) atoms. The normalized spacial score (nSPS) is 38.2. The molecule has 0 saturated carbocycles. The lowest BCUT2D eigenvalue weighted by Gasteiger charge is -2.34. The summed E-state index contributed by atoms with van der Waals surface area (Å²) in [4.78, 5) is 7.15. The van der Waals surface area contributed by atoms with Crippen LogP contribution in [0.25, 0.3) is 0 Å². The maximum Gasteiger partial charge on any atom is 0.257 e. The summed E-state index contributed by atoms with van der Waals surface area (Å²) in [6.07, 6.45) is 4.88. The monoisotopic (exact) mass is 278 g/mol. The number of ether oxygens (including phenoxy) is 1. The second-order valence-electron chi connectivity index (χ2n) is 6.27. The molecule has 3 aliphatic rings. The van der Waals surface area contributed by atoms with Gasteiger partial charge in [-0.2, -0.15) is 4.98 Å². The van der Waals surface area contributed by atoms with Gasteiger partial charge in [0.15, 0.2) is 5.82 Å². The van der Waals surface area contributed by atoms with Crippen molar-refractivity contribution in [3.63, 3.8) is 0 Å². The molecule has 0 aromatic carbocycles. The number of piperidine rings is 1. The largest absolute Gasteiger partial charge is 0.366 e. The fourth-order valence-corrected chi connectivity index (χ4v) is 3.89. The Balaban J connectivity index is 1.48. The van der Waals surface area contributed by atoms with Crippen LogP contribution in [0.1, 0.15) is 49.4 Å². The van der Waals surface area contributed by atoms with E-state index >= 15 is 0 Å². The second kappa shape index (κ2) is 5.09. The van der Waals surface area contributed by atoms with Crippen LogP contribution in [0.15, 0.2) is 4.52 Å². The zero-order valence-corrected chi connectivity index (χ0v) is 11.9. The molecule has 0 radical (unpaired) electrons. The summed E-state index contributed by atoms with van der Waals surface area (Å²) in [6, 6.07) is 1.40. The minimum Gasteiger partial charge on any atom is -0.366 e. The SMILES string of the molecule is CN1C2CCC1CC(c1noc(C3CNCCO3)n1)C2. The average Bonchev–Trinajstić information content (AvgIpc) is 3.03. The number of nitrogens with zero attached hydrogens (tertiary/aromatic N) is 3. The molecule has 6 nitrogen and oxygen atoms in total. The molecule has 6 heteroatoms. The highest BCUT2D eigenvalue weighted by Gasteiger charge is 2.40. The third-order valence-electron chi connectivity index (χ3n) is 5.12. The predicted molar refractivity (Wildman–Crippen MR) is 72.4 cm³/mol. The quantitative estimate of drug-likeness (QED) is 0.873. The van der Waals surface area contributed by atoms with E-state index < -0.39 is 0 Å². The Kier molecular flexibility index (Phi) is 3.24. The molecular weight excluding hydrogens is 256 g/mol. The third kappa shape index (κ3) is 2.16. The number of hydrogen-bond acceptors (Lipinski definition) is 6. The van der Waals surface area contributed by atoms with Gasteiger partial charge in [-0.05, 0) is 32.7 Å². The van der Waals surface area contributed by atoms with Crippen molar-refractivity contribution in [1.29, 1.82) is 0 Å².